The van der Waals surface area contributed by atoms with E-state index in [1.807, 2.05) is 42.5 Å². The first-order valence-corrected chi connectivity index (χ1v) is 8.97. The molecular weight excluding hydrogens is 378 g/mol. The number of amides is 2. The van der Waals surface area contributed by atoms with Crippen LogP contribution in [0.5, 0.6) is 5.75 Å². The van der Waals surface area contributed by atoms with Crippen LogP contribution >= 0.6 is 0 Å². The number of carbonyl (C=O) groups is 2. The summed E-state index contributed by atoms with van der Waals surface area (Å²) in [6.07, 6.45) is 0. The Morgan fingerprint density at radius 2 is 1.69 bits per heavy atom. The number of ether oxygens (including phenoxy) is 1. The summed E-state index contributed by atoms with van der Waals surface area (Å²) in [5.74, 6) is -0.757. The molecule has 0 radical (unpaired) electrons. The fourth-order valence-corrected chi connectivity index (χ4v) is 2.88. The number of alkyl halides is 2. The minimum atomic E-state index is -2.93. The van der Waals surface area contributed by atoms with E-state index in [1.54, 1.807) is 7.05 Å². The molecule has 0 fully saturated rings. The molecule has 29 heavy (non-hydrogen) atoms. The standard InChI is InChI=1S/C22H20F2N2O3/c1-26(14-15-6-7-16-4-2-3-5-18(16)12-15)20(27)13-25-21(28)17-8-10-19(11-9-17)29-22(23)24/h2-12,22H,13-14H2,1H3,(H,25,28). The zero-order valence-corrected chi connectivity index (χ0v) is 15.8. The summed E-state index contributed by atoms with van der Waals surface area (Å²) in [6, 6.07) is 19.2. The number of hydrogen-bond acceptors (Lipinski definition) is 3. The van der Waals surface area contributed by atoms with Crippen LogP contribution in [-0.4, -0.2) is 36.9 Å². The first kappa shape index (κ1) is 20.3. The molecular formula is C22H20F2N2O3. The van der Waals surface area contributed by atoms with Gasteiger partial charge < -0.3 is 15.0 Å². The highest BCUT2D eigenvalue weighted by Gasteiger charge is 2.13. The number of fused-ring (bicyclic) bond motifs is 1. The maximum Gasteiger partial charge on any atom is 0.387 e. The SMILES string of the molecule is CN(Cc1ccc2ccccc2c1)C(=O)CNC(=O)c1ccc(OC(F)F)cc1. The average Bonchev–Trinajstić information content (AvgIpc) is 2.71. The molecule has 150 valence electrons. The highest BCUT2D eigenvalue weighted by atomic mass is 19.3. The molecule has 0 heterocycles. The molecule has 7 heteroatoms. The molecule has 0 aliphatic carbocycles. The molecule has 0 aliphatic heterocycles. The third-order valence-electron chi connectivity index (χ3n) is 4.40. The largest absolute Gasteiger partial charge is 0.435 e. The van der Waals surface area contributed by atoms with Gasteiger partial charge in [0.15, 0.2) is 0 Å². The Morgan fingerprint density at radius 1 is 1.00 bits per heavy atom. The smallest absolute Gasteiger partial charge is 0.387 e. The number of halogens is 2. The Bertz CT molecular complexity index is 1010. The van der Waals surface area contributed by atoms with Gasteiger partial charge in [-0.1, -0.05) is 36.4 Å². The Labute approximate surface area is 166 Å². The van der Waals surface area contributed by atoms with Crippen LogP contribution < -0.4 is 10.1 Å². The van der Waals surface area contributed by atoms with E-state index in [4.69, 9.17) is 0 Å². The van der Waals surface area contributed by atoms with Crippen LogP contribution in [-0.2, 0) is 11.3 Å². The van der Waals surface area contributed by atoms with Crippen LogP contribution in [0.3, 0.4) is 0 Å². The highest BCUT2D eigenvalue weighted by molar-refractivity contribution is 5.96. The molecule has 0 aromatic heterocycles. The summed E-state index contributed by atoms with van der Waals surface area (Å²) in [7, 11) is 1.67. The first-order chi connectivity index (χ1) is 13.9. The van der Waals surface area contributed by atoms with Gasteiger partial charge in [0.05, 0.1) is 6.54 Å². The topological polar surface area (TPSA) is 58.6 Å². The monoisotopic (exact) mass is 398 g/mol. The van der Waals surface area contributed by atoms with Crippen LogP contribution in [0.15, 0.2) is 66.7 Å². The van der Waals surface area contributed by atoms with Crippen molar-refractivity contribution in [1.82, 2.24) is 10.2 Å². The van der Waals surface area contributed by atoms with Crippen molar-refractivity contribution in [2.75, 3.05) is 13.6 Å². The van der Waals surface area contributed by atoms with Crippen molar-refractivity contribution in [3.05, 3.63) is 77.9 Å². The van der Waals surface area contributed by atoms with E-state index >= 15 is 0 Å². The Morgan fingerprint density at radius 3 is 2.38 bits per heavy atom. The number of likely N-dealkylation sites (N-methyl/N-ethyl adjacent to an activating group) is 1. The molecule has 3 aromatic rings. The lowest BCUT2D eigenvalue weighted by atomic mass is 10.1. The van der Waals surface area contributed by atoms with E-state index in [0.717, 1.165) is 16.3 Å². The minimum Gasteiger partial charge on any atom is -0.435 e. The number of rotatable bonds is 7. The minimum absolute atomic E-state index is 0.0391. The molecule has 0 saturated heterocycles. The summed E-state index contributed by atoms with van der Waals surface area (Å²) in [5, 5.41) is 4.76. The molecule has 0 aliphatic rings. The Balaban J connectivity index is 1.53. The summed E-state index contributed by atoms with van der Waals surface area (Å²) in [4.78, 5) is 26.0. The summed E-state index contributed by atoms with van der Waals surface area (Å²) < 4.78 is 28.5. The van der Waals surface area contributed by atoms with Crippen molar-refractivity contribution in [1.29, 1.82) is 0 Å². The van der Waals surface area contributed by atoms with Gasteiger partial charge in [0.25, 0.3) is 5.91 Å². The van der Waals surface area contributed by atoms with E-state index in [9.17, 15) is 18.4 Å². The van der Waals surface area contributed by atoms with Gasteiger partial charge >= 0.3 is 6.61 Å². The third-order valence-corrected chi connectivity index (χ3v) is 4.40. The highest BCUT2D eigenvalue weighted by Crippen LogP contribution is 2.17. The molecule has 0 atom stereocenters. The summed E-state index contributed by atoms with van der Waals surface area (Å²) in [6.45, 7) is -2.68. The quantitative estimate of drug-likeness (QED) is 0.658. The van der Waals surface area contributed by atoms with Gasteiger partial charge in [0, 0.05) is 19.2 Å². The van der Waals surface area contributed by atoms with Crippen molar-refractivity contribution in [3.63, 3.8) is 0 Å². The number of carbonyl (C=O) groups excluding carboxylic acids is 2. The second-order valence-corrected chi connectivity index (χ2v) is 6.52. The molecule has 2 amide bonds. The molecule has 0 unspecified atom stereocenters. The Hall–Kier alpha value is -3.48. The number of nitrogens with zero attached hydrogens (tertiary/aromatic N) is 1. The lowest BCUT2D eigenvalue weighted by molar-refractivity contribution is -0.129. The van der Waals surface area contributed by atoms with Crippen LogP contribution in [0, 0.1) is 0 Å². The van der Waals surface area contributed by atoms with Crippen molar-refractivity contribution < 1.29 is 23.1 Å². The van der Waals surface area contributed by atoms with E-state index in [-0.39, 0.29) is 23.8 Å². The van der Waals surface area contributed by atoms with Gasteiger partial charge in [-0.15, -0.1) is 0 Å². The normalized spacial score (nSPS) is 10.8. The number of benzene rings is 3. The fraction of sp³-hybridized carbons (Fsp3) is 0.182. The first-order valence-electron chi connectivity index (χ1n) is 8.97. The molecule has 3 aromatic carbocycles. The predicted octanol–water partition coefficient (Wildman–Crippen LogP) is 3.83. The van der Waals surface area contributed by atoms with E-state index in [1.165, 1.54) is 29.2 Å². The maximum absolute atomic E-state index is 12.3. The van der Waals surface area contributed by atoms with Crippen molar-refractivity contribution in [3.8, 4) is 5.75 Å². The second kappa shape index (κ2) is 9.14. The van der Waals surface area contributed by atoms with Gasteiger partial charge in [-0.25, -0.2) is 0 Å². The molecule has 3 rings (SSSR count). The van der Waals surface area contributed by atoms with Crippen LogP contribution in [0.2, 0.25) is 0 Å². The van der Waals surface area contributed by atoms with Crippen LogP contribution in [0.4, 0.5) is 8.78 Å². The van der Waals surface area contributed by atoms with Gasteiger partial charge in [0.2, 0.25) is 5.91 Å². The van der Waals surface area contributed by atoms with Crippen LogP contribution in [0.1, 0.15) is 15.9 Å². The number of hydrogen-bond donors (Lipinski definition) is 1. The molecule has 5 nitrogen and oxygen atoms in total. The fourth-order valence-electron chi connectivity index (χ4n) is 2.88. The molecule has 0 bridgehead atoms. The van der Waals surface area contributed by atoms with E-state index in [2.05, 4.69) is 10.1 Å². The van der Waals surface area contributed by atoms with Crippen molar-refractivity contribution >= 4 is 22.6 Å². The third kappa shape index (κ3) is 5.51. The van der Waals surface area contributed by atoms with Gasteiger partial charge in [0.1, 0.15) is 5.75 Å². The number of nitrogens with one attached hydrogen (secondary N) is 1. The molecule has 0 spiro atoms. The van der Waals surface area contributed by atoms with Gasteiger partial charge in [-0.3, -0.25) is 9.59 Å². The average molecular weight is 398 g/mol. The van der Waals surface area contributed by atoms with Crippen molar-refractivity contribution in [2.45, 2.75) is 13.2 Å². The molecule has 0 saturated carbocycles. The molecule has 1 N–H and O–H groups in total. The predicted molar refractivity (Wildman–Crippen MR) is 106 cm³/mol. The van der Waals surface area contributed by atoms with Crippen LogP contribution in [0.25, 0.3) is 10.8 Å². The van der Waals surface area contributed by atoms with Crippen molar-refractivity contribution in [2.24, 2.45) is 0 Å². The lowest BCUT2D eigenvalue weighted by Crippen LogP contribution is -2.37. The van der Waals surface area contributed by atoms with E-state index in [0.29, 0.717) is 6.54 Å². The zero-order chi connectivity index (χ0) is 20.8. The maximum atomic E-state index is 12.3. The van der Waals surface area contributed by atoms with Gasteiger partial charge in [-0.05, 0) is 46.7 Å². The zero-order valence-electron chi connectivity index (χ0n) is 15.8. The summed E-state index contributed by atoms with van der Waals surface area (Å²) >= 11 is 0. The second-order valence-electron chi connectivity index (χ2n) is 6.52. The lowest BCUT2D eigenvalue weighted by Gasteiger charge is -2.18. The Kier molecular flexibility index (Phi) is 6.39. The summed E-state index contributed by atoms with van der Waals surface area (Å²) in [5.41, 5.74) is 1.23. The van der Waals surface area contributed by atoms with Gasteiger partial charge in [-0.2, -0.15) is 8.78 Å². The van der Waals surface area contributed by atoms with E-state index < -0.39 is 12.5 Å².